The fourth-order valence-electron chi connectivity index (χ4n) is 3.18. The van der Waals surface area contributed by atoms with Crippen molar-refractivity contribution in [3.8, 4) is 5.88 Å². The van der Waals surface area contributed by atoms with E-state index in [-0.39, 0.29) is 46.4 Å². The lowest BCUT2D eigenvalue weighted by molar-refractivity contribution is 0.0694. The number of carboxylic acids is 1. The molecule has 0 aliphatic rings. The zero-order chi connectivity index (χ0) is 22.2. The molecule has 0 unspecified atom stereocenters. The van der Waals surface area contributed by atoms with E-state index in [4.69, 9.17) is 11.6 Å². The van der Waals surface area contributed by atoms with Crippen molar-refractivity contribution in [1.29, 1.82) is 0 Å². The van der Waals surface area contributed by atoms with E-state index in [1.807, 2.05) is 0 Å². The van der Waals surface area contributed by atoms with Gasteiger partial charge in [0.1, 0.15) is 17.1 Å². The van der Waals surface area contributed by atoms with Crippen LogP contribution in [0.2, 0.25) is 5.02 Å². The van der Waals surface area contributed by atoms with E-state index in [1.165, 1.54) is 22.8 Å². The summed E-state index contributed by atoms with van der Waals surface area (Å²) in [6.45, 7) is 3.25. The maximum atomic E-state index is 14.3. The predicted octanol–water partition coefficient (Wildman–Crippen LogP) is 2.77. The highest BCUT2D eigenvalue weighted by molar-refractivity contribution is 6.30. The molecule has 0 radical (unpaired) electrons. The summed E-state index contributed by atoms with van der Waals surface area (Å²) in [7, 11) is 0. The lowest BCUT2D eigenvalue weighted by atomic mass is 10.0. The molecule has 2 heterocycles. The molecule has 1 atom stereocenters. The molecule has 0 saturated carbocycles. The average molecular weight is 436 g/mol. The van der Waals surface area contributed by atoms with Crippen LogP contribution in [-0.2, 0) is 6.42 Å². The van der Waals surface area contributed by atoms with Crippen LogP contribution in [0.5, 0.6) is 5.88 Å². The van der Waals surface area contributed by atoms with E-state index in [0.29, 0.717) is 0 Å². The van der Waals surface area contributed by atoms with Gasteiger partial charge in [-0.2, -0.15) is 4.98 Å². The first-order valence-electron chi connectivity index (χ1n) is 9.07. The van der Waals surface area contributed by atoms with Gasteiger partial charge in [-0.1, -0.05) is 37.6 Å². The Morgan fingerprint density at radius 2 is 2.00 bits per heavy atom. The summed E-state index contributed by atoms with van der Waals surface area (Å²) >= 11 is 5.78. The van der Waals surface area contributed by atoms with Crippen LogP contribution in [0.15, 0.2) is 29.2 Å². The number of carbonyl (C=O) groups is 1. The number of aliphatic hydroxyl groups excluding tert-OH is 1. The van der Waals surface area contributed by atoms with Gasteiger partial charge in [-0.15, -0.1) is 0 Å². The van der Waals surface area contributed by atoms with E-state index in [9.17, 15) is 29.3 Å². The quantitative estimate of drug-likeness (QED) is 0.543. The maximum absolute atomic E-state index is 14.3. The molecule has 8 nitrogen and oxygen atoms in total. The first-order valence-corrected chi connectivity index (χ1v) is 9.45. The molecule has 10 heteroatoms. The molecular weight excluding hydrogens is 417 g/mol. The van der Waals surface area contributed by atoms with Crippen molar-refractivity contribution in [2.45, 2.75) is 26.3 Å². The molecule has 3 N–H and O–H groups in total. The predicted molar refractivity (Wildman–Crippen MR) is 108 cm³/mol. The Morgan fingerprint density at radius 1 is 1.30 bits per heavy atom. The molecule has 0 fully saturated rings. The molecule has 0 saturated heterocycles. The van der Waals surface area contributed by atoms with Gasteiger partial charge in [0.2, 0.25) is 11.3 Å². The summed E-state index contributed by atoms with van der Waals surface area (Å²) < 4.78 is 15.6. The molecule has 1 aromatic carbocycles. The van der Waals surface area contributed by atoms with Crippen LogP contribution in [0, 0.1) is 11.7 Å². The number of carboxylic acid groups (broad SMARTS) is 1. The number of pyridine rings is 1. The molecule has 0 amide bonds. The average Bonchev–Trinajstić information content (AvgIpc) is 2.68. The number of aromatic carboxylic acids is 1. The van der Waals surface area contributed by atoms with Gasteiger partial charge in [-0.25, -0.2) is 14.2 Å². The van der Waals surface area contributed by atoms with Crippen LogP contribution in [0.1, 0.15) is 41.5 Å². The van der Waals surface area contributed by atoms with Crippen LogP contribution in [0.4, 0.5) is 4.39 Å². The summed E-state index contributed by atoms with van der Waals surface area (Å²) in [5.41, 5.74) is -1.82. The van der Waals surface area contributed by atoms with Crippen molar-refractivity contribution in [1.82, 2.24) is 14.5 Å². The fourth-order valence-corrected chi connectivity index (χ4v) is 3.37. The molecule has 3 aromatic rings. The number of rotatable bonds is 6. The molecule has 0 spiro atoms. The highest BCUT2D eigenvalue weighted by Gasteiger charge is 2.24. The van der Waals surface area contributed by atoms with Gasteiger partial charge in [0.25, 0.3) is 0 Å². The van der Waals surface area contributed by atoms with Crippen LogP contribution in [0.25, 0.3) is 11.2 Å². The van der Waals surface area contributed by atoms with Crippen LogP contribution in [0.3, 0.4) is 0 Å². The van der Waals surface area contributed by atoms with E-state index in [2.05, 4.69) is 9.97 Å². The Bertz CT molecular complexity index is 1200. The number of aliphatic hydroxyl groups is 1. The van der Waals surface area contributed by atoms with Crippen LogP contribution < -0.4 is 5.43 Å². The number of fused-ring (bicyclic) bond motifs is 1. The van der Waals surface area contributed by atoms with Crippen molar-refractivity contribution in [2.75, 3.05) is 6.61 Å². The number of nitrogens with zero attached hydrogens (tertiary/aromatic N) is 3. The lowest BCUT2D eigenvalue weighted by Gasteiger charge is -2.24. The second-order valence-corrected chi connectivity index (χ2v) is 7.54. The second kappa shape index (κ2) is 8.37. The highest BCUT2D eigenvalue weighted by Crippen LogP contribution is 2.26. The van der Waals surface area contributed by atoms with E-state index >= 15 is 0 Å². The number of hydrogen-bond donors (Lipinski definition) is 3. The van der Waals surface area contributed by atoms with Gasteiger partial charge in [0.15, 0.2) is 11.2 Å². The largest absolute Gasteiger partial charge is 0.492 e. The number of aromatic hydroxyl groups is 1. The van der Waals surface area contributed by atoms with Gasteiger partial charge >= 0.3 is 5.97 Å². The Labute approximate surface area is 175 Å². The molecule has 0 aliphatic heterocycles. The Hall–Kier alpha value is -3.04. The van der Waals surface area contributed by atoms with Gasteiger partial charge in [-0.05, 0) is 17.5 Å². The third-order valence-corrected chi connectivity index (χ3v) is 5.13. The molecule has 30 heavy (non-hydrogen) atoms. The standard InChI is InChI=1S/C20H19ClFN3O5/c1-9(2)14(8-26)25-7-11(20(29)30)17(27)16-18(25)24-19(28)13(23-16)6-10-4-3-5-12(21)15(10)22/h3-5,7,9,14,26H,6,8H2,1-2H3,(H,24,28)(H,29,30)/t14-/m1/s1. The number of hydrogen-bond acceptors (Lipinski definition) is 6. The van der Waals surface area contributed by atoms with Crippen molar-refractivity contribution in [3.63, 3.8) is 0 Å². The minimum atomic E-state index is -1.46. The summed E-state index contributed by atoms with van der Waals surface area (Å²) in [5.74, 6) is -2.85. The smallest absolute Gasteiger partial charge is 0.341 e. The summed E-state index contributed by atoms with van der Waals surface area (Å²) in [5, 5.41) is 29.5. The highest BCUT2D eigenvalue weighted by atomic mass is 35.5. The van der Waals surface area contributed by atoms with Crippen LogP contribution in [-0.4, -0.2) is 42.4 Å². The molecule has 0 bridgehead atoms. The minimum absolute atomic E-state index is 0.0782. The Morgan fingerprint density at radius 3 is 2.60 bits per heavy atom. The van der Waals surface area contributed by atoms with E-state index in [0.717, 1.165) is 6.20 Å². The molecule has 0 aliphatic carbocycles. The normalized spacial score (nSPS) is 12.5. The maximum Gasteiger partial charge on any atom is 0.341 e. The molecular formula is C20H19ClFN3O5. The number of benzene rings is 1. The lowest BCUT2D eigenvalue weighted by Crippen LogP contribution is -2.26. The Balaban J connectivity index is 2.28. The minimum Gasteiger partial charge on any atom is -0.492 e. The first-order chi connectivity index (χ1) is 14.1. The van der Waals surface area contributed by atoms with Crippen LogP contribution >= 0.6 is 11.6 Å². The van der Waals surface area contributed by atoms with Gasteiger partial charge < -0.3 is 19.9 Å². The van der Waals surface area contributed by atoms with Crippen molar-refractivity contribution >= 4 is 28.7 Å². The third kappa shape index (κ3) is 3.86. The summed E-state index contributed by atoms with van der Waals surface area (Å²) in [6, 6.07) is 3.72. The van der Waals surface area contributed by atoms with Gasteiger partial charge in [0.05, 0.1) is 17.7 Å². The van der Waals surface area contributed by atoms with Gasteiger partial charge in [-0.3, -0.25) is 4.79 Å². The van der Waals surface area contributed by atoms with Gasteiger partial charge in [0, 0.05) is 12.6 Å². The molecule has 3 rings (SSSR count). The summed E-state index contributed by atoms with van der Waals surface area (Å²) in [6.07, 6.45) is 0.865. The van der Waals surface area contributed by atoms with Crippen molar-refractivity contribution in [2.24, 2.45) is 5.92 Å². The molecule has 2 aromatic heterocycles. The number of halogens is 2. The van der Waals surface area contributed by atoms with E-state index < -0.39 is 34.7 Å². The number of aromatic nitrogens is 3. The van der Waals surface area contributed by atoms with Crippen molar-refractivity contribution < 1.29 is 24.5 Å². The van der Waals surface area contributed by atoms with Crippen molar-refractivity contribution in [3.05, 3.63) is 62.3 Å². The zero-order valence-electron chi connectivity index (χ0n) is 16.1. The third-order valence-electron chi connectivity index (χ3n) is 4.83. The Kier molecular flexibility index (Phi) is 6.04. The van der Waals surface area contributed by atoms with E-state index in [1.54, 1.807) is 13.8 Å². The summed E-state index contributed by atoms with van der Waals surface area (Å²) in [4.78, 5) is 32.4. The first kappa shape index (κ1) is 21.7. The SMILES string of the molecule is CC(C)[C@@H](CO)n1cc(C(=O)O)c(=O)c2nc(Cc3cccc(Cl)c3F)c(O)nc21. The monoisotopic (exact) mass is 435 g/mol. The molecule has 158 valence electrons. The zero-order valence-corrected chi connectivity index (χ0v) is 16.9. The topological polar surface area (TPSA) is 126 Å². The second-order valence-electron chi connectivity index (χ2n) is 7.13. The fraction of sp³-hybridized carbons (Fsp3) is 0.300.